The Hall–Kier alpha value is -0.240. The largest absolute Gasteiger partial charge is 0.352 e. The molecule has 0 radical (unpaired) electrons. The Bertz CT molecular complexity index is 304. The average molecular weight is 242 g/mol. The molecule has 1 amide bonds. The van der Waals surface area contributed by atoms with Crippen LogP contribution in [0.4, 0.5) is 0 Å². The third kappa shape index (κ3) is 1.57. The summed E-state index contributed by atoms with van der Waals surface area (Å²) in [5, 5.41) is 2.76. The molecule has 2 nitrogen and oxygen atoms in total. The number of carbonyl (C=O) groups excluding carboxylic acids is 1. The molecule has 16 heavy (non-hydrogen) atoms. The van der Waals surface area contributed by atoms with Crippen LogP contribution in [0.15, 0.2) is 0 Å². The molecule has 90 valence electrons. The Kier molecular flexibility index (Phi) is 2.66. The number of nitrogens with one attached hydrogen (secondary N) is 1. The summed E-state index contributed by atoms with van der Waals surface area (Å²) in [5.74, 6) is 3.58. The van der Waals surface area contributed by atoms with E-state index < -0.39 is 5.38 Å². The van der Waals surface area contributed by atoms with Crippen LogP contribution in [0.3, 0.4) is 0 Å². The van der Waals surface area contributed by atoms with Gasteiger partial charge < -0.3 is 5.32 Å². The monoisotopic (exact) mass is 241 g/mol. The molecule has 6 atom stereocenters. The van der Waals surface area contributed by atoms with Gasteiger partial charge in [0.2, 0.25) is 5.91 Å². The van der Waals surface area contributed by atoms with E-state index >= 15 is 0 Å². The summed E-state index contributed by atoms with van der Waals surface area (Å²) < 4.78 is 0. The summed E-state index contributed by atoms with van der Waals surface area (Å²) in [4.78, 5) is 11.6. The Morgan fingerprint density at radius 1 is 1.25 bits per heavy atom. The molecule has 1 N–H and O–H groups in total. The first-order valence-electron chi connectivity index (χ1n) is 6.61. The van der Waals surface area contributed by atoms with E-state index in [0.717, 1.165) is 23.7 Å². The fourth-order valence-corrected chi connectivity index (χ4v) is 4.59. The van der Waals surface area contributed by atoms with Crippen LogP contribution in [-0.4, -0.2) is 17.3 Å². The minimum absolute atomic E-state index is 0.0220. The predicted molar refractivity (Wildman–Crippen MR) is 64.3 cm³/mol. The smallest absolute Gasteiger partial charge is 0.237 e. The molecular formula is C13H20ClNO. The van der Waals surface area contributed by atoms with Crippen LogP contribution in [0.2, 0.25) is 0 Å². The molecule has 3 aliphatic carbocycles. The van der Waals surface area contributed by atoms with E-state index in [-0.39, 0.29) is 5.91 Å². The van der Waals surface area contributed by atoms with Crippen molar-refractivity contribution in [1.82, 2.24) is 5.32 Å². The number of fused-ring (bicyclic) bond motifs is 5. The summed E-state index contributed by atoms with van der Waals surface area (Å²) in [6, 6.07) is 0.429. The van der Waals surface area contributed by atoms with E-state index in [0.29, 0.717) is 6.04 Å². The maximum absolute atomic E-state index is 11.6. The highest BCUT2D eigenvalue weighted by Crippen LogP contribution is 2.58. The van der Waals surface area contributed by atoms with Crippen molar-refractivity contribution in [3.8, 4) is 0 Å². The molecule has 0 aromatic heterocycles. The van der Waals surface area contributed by atoms with Crippen LogP contribution in [0.1, 0.15) is 39.0 Å². The third-order valence-corrected chi connectivity index (χ3v) is 5.32. The van der Waals surface area contributed by atoms with Gasteiger partial charge in [0.15, 0.2) is 0 Å². The first-order valence-corrected chi connectivity index (χ1v) is 7.05. The van der Waals surface area contributed by atoms with Crippen molar-refractivity contribution in [3.05, 3.63) is 0 Å². The second-order valence-electron chi connectivity index (χ2n) is 5.89. The normalized spacial score (nSPS) is 46.8. The molecule has 3 saturated carbocycles. The van der Waals surface area contributed by atoms with Crippen molar-refractivity contribution in [1.29, 1.82) is 0 Å². The topological polar surface area (TPSA) is 29.1 Å². The number of amides is 1. The van der Waals surface area contributed by atoms with Crippen LogP contribution in [0, 0.1) is 23.7 Å². The summed E-state index contributed by atoms with van der Waals surface area (Å²) in [5.41, 5.74) is 0. The van der Waals surface area contributed by atoms with Gasteiger partial charge in [-0.05, 0) is 56.3 Å². The number of hydrogen-bond acceptors (Lipinski definition) is 1. The Morgan fingerprint density at radius 3 is 2.75 bits per heavy atom. The fourth-order valence-electron chi connectivity index (χ4n) is 4.53. The fraction of sp³-hybridized carbons (Fsp3) is 0.923. The molecule has 0 heterocycles. The Labute approximate surface area is 102 Å². The minimum atomic E-state index is -0.390. The molecule has 6 unspecified atom stereocenters. The van der Waals surface area contributed by atoms with E-state index in [1.807, 2.05) is 0 Å². The van der Waals surface area contributed by atoms with Crippen molar-refractivity contribution in [2.24, 2.45) is 23.7 Å². The van der Waals surface area contributed by atoms with Gasteiger partial charge in [-0.2, -0.15) is 0 Å². The van der Waals surface area contributed by atoms with Gasteiger partial charge in [-0.15, -0.1) is 11.6 Å². The highest BCUT2D eigenvalue weighted by atomic mass is 35.5. The maximum atomic E-state index is 11.6. The quantitative estimate of drug-likeness (QED) is 0.740. The molecule has 3 fully saturated rings. The Morgan fingerprint density at radius 2 is 2.00 bits per heavy atom. The van der Waals surface area contributed by atoms with Crippen LogP contribution >= 0.6 is 11.6 Å². The molecule has 0 aliphatic heterocycles. The second-order valence-corrected chi connectivity index (χ2v) is 6.54. The van der Waals surface area contributed by atoms with E-state index in [1.165, 1.54) is 32.1 Å². The van der Waals surface area contributed by atoms with Crippen LogP contribution in [0.5, 0.6) is 0 Å². The van der Waals surface area contributed by atoms with Crippen molar-refractivity contribution >= 4 is 17.5 Å². The molecule has 0 aromatic carbocycles. The van der Waals surface area contributed by atoms with Crippen LogP contribution < -0.4 is 5.32 Å². The van der Waals surface area contributed by atoms with E-state index in [2.05, 4.69) is 5.32 Å². The highest BCUT2D eigenvalue weighted by Gasteiger charge is 2.54. The van der Waals surface area contributed by atoms with Crippen LogP contribution in [-0.2, 0) is 4.79 Å². The van der Waals surface area contributed by atoms with E-state index in [4.69, 9.17) is 11.6 Å². The lowest BCUT2D eigenvalue weighted by molar-refractivity contribution is -0.121. The molecule has 2 bridgehead atoms. The van der Waals surface area contributed by atoms with Crippen molar-refractivity contribution < 1.29 is 4.79 Å². The summed E-state index contributed by atoms with van der Waals surface area (Å²) in [6.07, 6.45) is 6.82. The molecule has 0 aromatic rings. The standard InChI is InChI=1S/C13H20ClNO/c1-7(14)13(16)15-12-6-8-5-11(12)10-4-2-3-9(8)10/h7-12H,2-6H2,1H3,(H,15,16). The molecule has 3 heteroatoms. The van der Waals surface area contributed by atoms with Gasteiger partial charge >= 0.3 is 0 Å². The lowest BCUT2D eigenvalue weighted by Crippen LogP contribution is -2.44. The lowest BCUT2D eigenvalue weighted by Gasteiger charge is -2.32. The minimum Gasteiger partial charge on any atom is -0.352 e. The van der Waals surface area contributed by atoms with Gasteiger partial charge in [0.25, 0.3) is 0 Å². The highest BCUT2D eigenvalue weighted by molar-refractivity contribution is 6.30. The molecular weight excluding hydrogens is 222 g/mol. The molecule has 3 aliphatic rings. The zero-order valence-corrected chi connectivity index (χ0v) is 10.5. The van der Waals surface area contributed by atoms with Crippen molar-refractivity contribution in [2.45, 2.75) is 50.4 Å². The Balaban J connectivity index is 1.66. The zero-order chi connectivity index (χ0) is 11.3. The third-order valence-electron chi connectivity index (χ3n) is 5.12. The van der Waals surface area contributed by atoms with Crippen LogP contribution in [0.25, 0.3) is 0 Å². The summed E-state index contributed by atoms with van der Waals surface area (Å²) >= 11 is 5.81. The van der Waals surface area contributed by atoms with Gasteiger partial charge in [-0.3, -0.25) is 4.79 Å². The number of rotatable bonds is 2. The van der Waals surface area contributed by atoms with Gasteiger partial charge in [0.1, 0.15) is 5.38 Å². The number of hydrogen-bond donors (Lipinski definition) is 1. The maximum Gasteiger partial charge on any atom is 0.237 e. The van der Waals surface area contributed by atoms with Gasteiger partial charge in [-0.25, -0.2) is 0 Å². The second kappa shape index (κ2) is 3.90. The first-order chi connectivity index (χ1) is 7.66. The van der Waals surface area contributed by atoms with Crippen molar-refractivity contribution in [2.75, 3.05) is 0 Å². The predicted octanol–water partition coefficient (Wildman–Crippen LogP) is 2.55. The average Bonchev–Trinajstić information content (AvgIpc) is 2.87. The van der Waals surface area contributed by atoms with Gasteiger partial charge in [0.05, 0.1) is 0 Å². The molecule has 0 spiro atoms. The lowest BCUT2D eigenvalue weighted by atomic mass is 9.79. The molecule has 0 saturated heterocycles. The zero-order valence-electron chi connectivity index (χ0n) is 9.79. The summed E-state index contributed by atoms with van der Waals surface area (Å²) in [7, 11) is 0. The SMILES string of the molecule is CC(Cl)C(=O)NC1CC2CC1C1CCCC21. The molecule has 3 rings (SSSR count). The van der Waals surface area contributed by atoms with E-state index in [9.17, 15) is 4.79 Å². The first kappa shape index (κ1) is 10.9. The number of halogens is 1. The van der Waals surface area contributed by atoms with Crippen molar-refractivity contribution in [3.63, 3.8) is 0 Å². The summed E-state index contributed by atoms with van der Waals surface area (Å²) in [6.45, 7) is 1.75. The van der Waals surface area contributed by atoms with Gasteiger partial charge in [0, 0.05) is 6.04 Å². The van der Waals surface area contributed by atoms with E-state index in [1.54, 1.807) is 6.92 Å². The number of alkyl halides is 1. The van der Waals surface area contributed by atoms with Gasteiger partial charge in [-0.1, -0.05) is 6.42 Å². The number of carbonyl (C=O) groups is 1.